The van der Waals surface area contributed by atoms with Crippen LogP contribution in [0.2, 0.25) is 0 Å². The molecule has 24 heavy (non-hydrogen) atoms. The first-order chi connectivity index (χ1) is 11.0. The Morgan fingerprint density at radius 2 is 1.83 bits per heavy atom. The van der Waals surface area contributed by atoms with Crippen LogP contribution in [0.1, 0.15) is 65.9 Å². The first-order valence-electron chi connectivity index (χ1n) is 8.89. The molecule has 0 bridgehead atoms. The zero-order valence-electron chi connectivity index (χ0n) is 16.2. The summed E-state index contributed by atoms with van der Waals surface area (Å²) in [5.41, 5.74) is 0.916. The molecule has 1 amide bonds. The van der Waals surface area contributed by atoms with Gasteiger partial charge in [-0.25, -0.2) is 9.97 Å². The van der Waals surface area contributed by atoms with Gasteiger partial charge in [0.25, 0.3) is 0 Å². The van der Waals surface area contributed by atoms with Crippen LogP contribution < -0.4 is 10.2 Å². The molecular formula is C19H32N4O. The second-order valence-electron chi connectivity index (χ2n) is 8.83. The molecular weight excluding hydrogens is 300 g/mol. The fourth-order valence-corrected chi connectivity index (χ4v) is 2.92. The minimum atomic E-state index is -0.105. The van der Waals surface area contributed by atoms with Crippen LogP contribution in [0.4, 0.5) is 5.82 Å². The highest BCUT2D eigenvalue weighted by Crippen LogP contribution is 2.30. The van der Waals surface area contributed by atoms with Crippen LogP contribution in [0.3, 0.4) is 0 Å². The lowest BCUT2D eigenvalue weighted by Gasteiger charge is -2.34. The molecule has 5 heteroatoms. The van der Waals surface area contributed by atoms with Crippen LogP contribution in [-0.2, 0) is 15.6 Å². The van der Waals surface area contributed by atoms with Gasteiger partial charge in [-0.15, -0.1) is 0 Å². The number of rotatable bonds is 2. The van der Waals surface area contributed by atoms with Gasteiger partial charge in [0.05, 0.1) is 11.6 Å². The van der Waals surface area contributed by atoms with E-state index in [4.69, 9.17) is 9.97 Å². The van der Waals surface area contributed by atoms with E-state index in [0.29, 0.717) is 0 Å². The number of amides is 1. The van der Waals surface area contributed by atoms with Crippen molar-refractivity contribution in [2.24, 2.45) is 5.92 Å². The van der Waals surface area contributed by atoms with Crippen molar-refractivity contribution in [3.63, 3.8) is 0 Å². The molecule has 5 nitrogen and oxygen atoms in total. The number of nitrogens with zero attached hydrogens (tertiary/aromatic N) is 3. The van der Waals surface area contributed by atoms with Crippen molar-refractivity contribution in [1.82, 2.24) is 15.3 Å². The maximum absolute atomic E-state index is 12.0. The fraction of sp³-hybridized carbons (Fsp3) is 0.737. The fourth-order valence-electron chi connectivity index (χ4n) is 2.92. The lowest BCUT2D eigenvalue weighted by atomic mass is 9.90. The predicted molar refractivity (Wildman–Crippen MR) is 98.4 cm³/mol. The quantitative estimate of drug-likeness (QED) is 0.904. The summed E-state index contributed by atoms with van der Waals surface area (Å²) in [5.74, 6) is 1.98. The van der Waals surface area contributed by atoms with Gasteiger partial charge in [-0.05, 0) is 12.8 Å². The second kappa shape index (κ2) is 6.69. The lowest BCUT2D eigenvalue weighted by molar-refractivity contribution is -0.124. The van der Waals surface area contributed by atoms with Gasteiger partial charge in [0.15, 0.2) is 0 Å². The highest BCUT2D eigenvalue weighted by molar-refractivity contribution is 5.79. The number of hydrogen-bond acceptors (Lipinski definition) is 4. The molecule has 1 atom stereocenters. The van der Waals surface area contributed by atoms with Gasteiger partial charge in [0.2, 0.25) is 5.91 Å². The molecule has 134 valence electrons. The molecule has 0 spiro atoms. The molecule has 1 aliphatic rings. The molecule has 1 saturated heterocycles. The first kappa shape index (κ1) is 18.7. The number of nitrogens with one attached hydrogen (secondary N) is 1. The second-order valence-corrected chi connectivity index (χ2v) is 8.83. The molecule has 2 rings (SSSR count). The van der Waals surface area contributed by atoms with Gasteiger partial charge >= 0.3 is 0 Å². The Bertz CT molecular complexity index is 566. The van der Waals surface area contributed by atoms with E-state index < -0.39 is 0 Å². The zero-order valence-corrected chi connectivity index (χ0v) is 16.2. The minimum absolute atomic E-state index is 0.0341. The highest BCUT2D eigenvalue weighted by Gasteiger charge is 2.29. The van der Waals surface area contributed by atoms with Crippen molar-refractivity contribution in [2.75, 3.05) is 25.0 Å². The molecule has 1 fully saturated rings. The SMILES string of the molecule is CNC(=O)C1CCCN(c2cc(C(C)(C)C)nc(C(C)(C)C)n2)C1. The Labute approximate surface area is 146 Å². The largest absolute Gasteiger partial charge is 0.359 e. The Balaban J connectivity index is 2.40. The van der Waals surface area contributed by atoms with Crippen LogP contribution >= 0.6 is 0 Å². The normalized spacial score (nSPS) is 19.3. The van der Waals surface area contributed by atoms with Gasteiger partial charge in [0.1, 0.15) is 11.6 Å². The lowest BCUT2D eigenvalue weighted by Crippen LogP contribution is -2.43. The number of hydrogen-bond donors (Lipinski definition) is 1. The number of anilines is 1. The smallest absolute Gasteiger partial charge is 0.224 e. The van der Waals surface area contributed by atoms with Crippen LogP contribution in [-0.4, -0.2) is 36.0 Å². The average molecular weight is 332 g/mol. The van der Waals surface area contributed by atoms with Crippen LogP contribution in [0.15, 0.2) is 6.07 Å². The molecule has 1 aliphatic heterocycles. The number of carbonyl (C=O) groups excluding carboxylic acids is 1. The Morgan fingerprint density at radius 1 is 1.17 bits per heavy atom. The van der Waals surface area contributed by atoms with Crippen LogP contribution in [0.25, 0.3) is 0 Å². The molecule has 1 N–H and O–H groups in total. The minimum Gasteiger partial charge on any atom is -0.359 e. The summed E-state index contributed by atoms with van der Waals surface area (Å²) in [4.78, 5) is 23.9. The molecule has 1 aromatic heterocycles. The van der Waals surface area contributed by atoms with E-state index in [2.05, 4.69) is 57.8 Å². The number of piperidine rings is 1. The van der Waals surface area contributed by atoms with E-state index >= 15 is 0 Å². The van der Waals surface area contributed by atoms with E-state index in [1.54, 1.807) is 7.05 Å². The summed E-state index contributed by atoms with van der Waals surface area (Å²) in [5, 5.41) is 2.78. The van der Waals surface area contributed by atoms with Crippen molar-refractivity contribution < 1.29 is 4.79 Å². The van der Waals surface area contributed by atoms with Gasteiger partial charge < -0.3 is 10.2 Å². The molecule has 1 unspecified atom stereocenters. The Morgan fingerprint density at radius 3 is 2.38 bits per heavy atom. The Kier molecular flexibility index (Phi) is 5.21. The molecule has 0 aromatic carbocycles. The molecule has 0 aliphatic carbocycles. The highest BCUT2D eigenvalue weighted by atomic mass is 16.1. The zero-order chi connectivity index (χ0) is 18.1. The standard InChI is InChI=1S/C19H32N4O/c1-18(2,3)14-11-15(22-17(21-14)19(4,5)6)23-10-8-9-13(12-23)16(24)20-7/h11,13H,8-10,12H2,1-7H3,(H,20,24). The summed E-state index contributed by atoms with van der Waals surface area (Å²) in [6.45, 7) is 14.6. The van der Waals surface area contributed by atoms with Gasteiger partial charge in [-0.2, -0.15) is 0 Å². The van der Waals surface area contributed by atoms with E-state index in [1.165, 1.54) is 0 Å². The van der Waals surface area contributed by atoms with Gasteiger partial charge in [-0.1, -0.05) is 41.5 Å². The van der Waals surface area contributed by atoms with E-state index in [1.807, 2.05) is 0 Å². The van der Waals surface area contributed by atoms with Gasteiger partial charge in [-0.3, -0.25) is 4.79 Å². The van der Waals surface area contributed by atoms with Crippen LogP contribution in [0.5, 0.6) is 0 Å². The van der Waals surface area contributed by atoms with E-state index in [9.17, 15) is 4.79 Å². The third kappa shape index (κ3) is 4.25. The maximum atomic E-state index is 12.0. The summed E-state index contributed by atoms with van der Waals surface area (Å²) < 4.78 is 0. The summed E-state index contributed by atoms with van der Waals surface area (Å²) in [6, 6.07) is 2.10. The topological polar surface area (TPSA) is 58.1 Å². The first-order valence-corrected chi connectivity index (χ1v) is 8.89. The number of carbonyl (C=O) groups is 1. The third-order valence-electron chi connectivity index (χ3n) is 4.51. The average Bonchev–Trinajstić information content (AvgIpc) is 2.52. The van der Waals surface area contributed by atoms with Crippen molar-refractivity contribution in [3.05, 3.63) is 17.6 Å². The van der Waals surface area contributed by atoms with Crippen molar-refractivity contribution in [3.8, 4) is 0 Å². The van der Waals surface area contributed by atoms with Crippen molar-refractivity contribution in [1.29, 1.82) is 0 Å². The Hall–Kier alpha value is -1.65. The molecule has 0 saturated carbocycles. The summed E-state index contributed by atoms with van der Waals surface area (Å²) >= 11 is 0. The monoisotopic (exact) mass is 332 g/mol. The van der Waals surface area contributed by atoms with Crippen LogP contribution in [0, 0.1) is 5.92 Å². The third-order valence-corrected chi connectivity index (χ3v) is 4.51. The van der Waals surface area contributed by atoms with E-state index in [-0.39, 0.29) is 22.7 Å². The van der Waals surface area contributed by atoms with E-state index in [0.717, 1.165) is 43.3 Å². The molecule has 1 aromatic rings. The maximum Gasteiger partial charge on any atom is 0.224 e. The molecule has 2 heterocycles. The van der Waals surface area contributed by atoms with Gasteiger partial charge in [0, 0.05) is 37.0 Å². The van der Waals surface area contributed by atoms with Crippen molar-refractivity contribution in [2.45, 2.75) is 65.2 Å². The summed E-state index contributed by atoms with van der Waals surface area (Å²) in [7, 11) is 1.71. The number of aromatic nitrogens is 2. The van der Waals surface area contributed by atoms with Crippen molar-refractivity contribution >= 4 is 11.7 Å². The molecule has 0 radical (unpaired) electrons. The summed E-state index contributed by atoms with van der Waals surface area (Å²) in [6.07, 6.45) is 1.96. The predicted octanol–water partition coefficient (Wildman–Crippen LogP) is 3.03.